The van der Waals surface area contributed by atoms with Gasteiger partial charge in [-0.15, -0.1) is 5.54 Å². The number of hydrogen-bond acceptors (Lipinski definition) is 1. The van der Waals surface area contributed by atoms with Crippen LogP contribution >= 0.6 is 0 Å². The van der Waals surface area contributed by atoms with Crippen LogP contribution in [0.5, 0.6) is 0 Å². The zero-order chi connectivity index (χ0) is 15.7. The maximum Gasteiger partial charge on any atom is 0.138 e. The maximum atomic E-state index is 13.2. The van der Waals surface area contributed by atoms with E-state index in [1.165, 1.54) is 12.1 Å². The van der Waals surface area contributed by atoms with Gasteiger partial charge < -0.3 is 0 Å². The van der Waals surface area contributed by atoms with Crippen LogP contribution in [0, 0.1) is 17.3 Å². The van der Waals surface area contributed by atoms with E-state index in [0.717, 1.165) is 22.6 Å². The molecule has 0 aliphatic carbocycles. The van der Waals surface area contributed by atoms with Gasteiger partial charge >= 0.3 is 0 Å². The summed E-state index contributed by atoms with van der Waals surface area (Å²) in [5.74, 6) is 3.06. The van der Waals surface area contributed by atoms with E-state index in [0.29, 0.717) is 0 Å². The molecule has 0 atom stereocenters. The highest BCUT2D eigenvalue weighted by molar-refractivity contribution is 6.83. The van der Waals surface area contributed by atoms with Gasteiger partial charge in [-0.2, -0.15) is 0 Å². The lowest BCUT2D eigenvalue weighted by Gasteiger charge is -2.04. The SMILES string of the molecule is C[Si](C)(C)C#Cc1c(-c2ccc(F)cc2)nc2ccccn12. The number of aromatic nitrogens is 2. The normalized spacial score (nSPS) is 11.3. The molecule has 1 aromatic carbocycles. The molecular weight excluding hydrogens is 291 g/mol. The van der Waals surface area contributed by atoms with Crippen LogP contribution in [0.1, 0.15) is 5.69 Å². The molecule has 3 aromatic rings. The van der Waals surface area contributed by atoms with Gasteiger partial charge in [0, 0.05) is 11.8 Å². The lowest BCUT2D eigenvalue weighted by molar-refractivity contribution is 0.628. The summed E-state index contributed by atoms with van der Waals surface area (Å²) in [4.78, 5) is 4.67. The average Bonchev–Trinajstić information content (AvgIpc) is 2.84. The molecule has 4 heteroatoms. The van der Waals surface area contributed by atoms with Crippen LogP contribution in [0.4, 0.5) is 4.39 Å². The van der Waals surface area contributed by atoms with Gasteiger partial charge in [-0.25, -0.2) is 9.37 Å². The molecule has 0 amide bonds. The number of rotatable bonds is 1. The highest BCUT2D eigenvalue weighted by Gasteiger charge is 2.14. The lowest BCUT2D eigenvalue weighted by Crippen LogP contribution is -2.16. The summed E-state index contributed by atoms with van der Waals surface area (Å²) in [5.41, 5.74) is 6.79. The summed E-state index contributed by atoms with van der Waals surface area (Å²) in [6.07, 6.45) is 1.96. The molecule has 2 nitrogen and oxygen atoms in total. The fourth-order valence-electron chi connectivity index (χ4n) is 2.17. The molecule has 0 aliphatic heterocycles. The standard InChI is InChI=1S/C18H17FN2Si/c1-22(2,3)13-11-16-18(14-7-9-15(19)10-8-14)20-17-6-4-5-12-21(16)17/h4-10,12H,1-3H3. The smallest absolute Gasteiger partial charge is 0.138 e. The maximum absolute atomic E-state index is 13.2. The Bertz CT molecular complexity index is 877. The Balaban J connectivity index is 2.24. The van der Waals surface area contributed by atoms with Crippen molar-refractivity contribution in [2.45, 2.75) is 19.6 Å². The Kier molecular flexibility index (Phi) is 3.59. The van der Waals surface area contributed by atoms with Gasteiger partial charge in [-0.1, -0.05) is 31.6 Å². The molecule has 0 aliphatic rings. The van der Waals surface area contributed by atoms with E-state index in [-0.39, 0.29) is 5.82 Å². The zero-order valence-electron chi connectivity index (χ0n) is 12.9. The predicted molar refractivity (Wildman–Crippen MR) is 90.8 cm³/mol. The molecule has 0 N–H and O–H groups in total. The minimum atomic E-state index is -1.50. The second kappa shape index (κ2) is 5.43. The summed E-state index contributed by atoms with van der Waals surface area (Å²) in [6.45, 7) is 6.63. The Hall–Kier alpha value is -2.38. The number of nitrogens with zero attached hydrogens (tertiary/aromatic N) is 2. The Labute approximate surface area is 130 Å². The molecule has 110 valence electrons. The minimum absolute atomic E-state index is 0.248. The molecule has 0 saturated heterocycles. The van der Waals surface area contributed by atoms with Gasteiger partial charge in [0.25, 0.3) is 0 Å². The van der Waals surface area contributed by atoms with E-state index < -0.39 is 8.07 Å². The van der Waals surface area contributed by atoms with Crippen LogP contribution in [-0.2, 0) is 0 Å². The number of benzene rings is 1. The molecule has 2 heterocycles. The van der Waals surface area contributed by atoms with Gasteiger partial charge in [0.05, 0.1) is 0 Å². The molecule has 0 saturated carbocycles. The fraction of sp³-hybridized carbons (Fsp3) is 0.167. The summed E-state index contributed by atoms with van der Waals surface area (Å²) in [6, 6.07) is 12.3. The summed E-state index contributed by atoms with van der Waals surface area (Å²) in [5, 5.41) is 0. The lowest BCUT2D eigenvalue weighted by atomic mass is 10.1. The Morgan fingerprint density at radius 3 is 2.45 bits per heavy atom. The molecule has 2 aromatic heterocycles. The third-order valence-corrected chi connectivity index (χ3v) is 4.08. The fourth-order valence-corrected chi connectivity index (χ4v) is 2.66. The first-order chi connectivity index (χ1) is 10.4. The minimum Gasteiger partial charge on any atom is -0.292 e. The topological polar surface area (TPSA) is 17.3 Å². The third-order valence-electron chi connectivity index (χ3n) is 3.20. The van der Waals surface area contributed by atoms with Gasteiger partial charge in [0.2, 0.25) is 0 Å². The van der Waals surface area contributed by atoms with Crippen LogP contribution < -0.4 is 0 Å². The van der Waals surface area contributed by atoms with E-state index >= 15 is 0 Å². The van der Waals surface area contributed by atoms with E-state index in [2.05, 4.69) is 36.1 Å². The van der Waals surface area contributed by atoms with Gasteiger partial charge in [-0.3, -0.25) is 4.40 Å². The second-order valence-electron chi connectivity index (χ2n) is 6.24. The van der Waals surface area contributed by atoms with Crippen molar-refractivity contribution in [2.75, 3.05) is 0 Å². The summed E-state index contributed by atoms with van der Waals surface area (Å²) >= 11 is 0. The van der Waals surface area contributed by atoms with Crippen molar-refractivity contribution in [1.29, 1.82) is 0 Å². The second-order valence-corrected chi connectivity index (χ2v) is 11.0. The first-order valence-corrected chi connectivity index (χ1v) is 10.7. The van der Waals surface area contributed by atoms with Crippen molar-refractivity contribution in [1.82, 2.24) is 9.38 Å². The molecule has 22 heavy (non-hydrogen) atoms. The molecule has 0 unspecified atom stereocenters. The molecule has 3 rings (SSSR count). The van der Waals surface area contributed by atoms with Crippen molar-refractivity contribution in [3.05, 3.63) is 60.2 Å². The summed E-state index contributed by atoms with van der Waals surface area (Å²) in [7, 11) is -1.50. The van der Waals surface area contributed by atoms with Crippen LogP contribution in [0.2, 0.25) is 19.6 Å². The van der Waals surface area contributed by atoms with E-state index in [4.69, 9.17) is 0 Å². The number of imidazole rings is 1. The molecule has 0 fully saturated rings. The highest BCUT2D eigenvalue weighted by atomic mass is 28.3. The molecule has 0 bridgehead atoms. The Morgan fingerprint density at radius 2 is 1.77 bits per heavy atom. The first-order valence-electron chi connectivity index (χ1n) is 7.20. The average molecular weight is 308 g/mol. The number of pyridine rings is 1. The van der Waals surface area contributed by atoms with Gasteiger partial charge in [-0.05, 0) is 36.4 Å². The quantitative estimate of drug-likeness (QED) is 0.482. The van der Waals surface area contributed by atoms with Crippen LogP contribution in [-0.4, -0.2) is 17.5 Å². The van der Waals surface area contributed by atoms with E-state index in [1.807, 2.05) is 28.8 Å². The number of hydrogen-bond donors (Lipinski definition) is 0. The van der Waals surface area contributed by atoms with E-state index in [9.17, 15) is 4.39 Å². The van der Waals surface area contributed by atoms with Crippen LogP contribution in [0.25, 0.3) is 16.9 Å². The van der Waals surface area contributed by atoms with Crippen molar-refractivity contribution in [2.24, 2.45) is 0 Å². The van der Waals surface area contributed by atoms with Crippen molar-refractivity contribution >= 4 is 13.7 Å². The van der Waals surface area contributed by atoms with Gasteiger partial charge in [0.15, 0.2) is 0 Å². The van der Waals surface area contributed by atoms with E-state index in [1.54, 1.807) is 12.1 Å². The number of fused-ring (bicyclic) bond motifs is 1. The number of halogens is 1. The zero-order valence-corrected chi connectivity index (χ0v) is 13.9. The molecule has 0 spiro atoms. The van der Waals surface area contributed by atoms with Crippen LogP contribution in [0.15, 0.2) is 48.7 Å². The predicted octanol–water partition coefficient (Wildman–Crippen LogP) is 4.37. The van der Waals surface area contributed by atoms with Crippen molar-refractivity contribution in [3.63, 3.8) is 0 Å². The van der Waals surface area contributed by atoms with Crippen molar-refractivity contribution < 1.29 is 4.39 Å². The largest absolute Gasteiger partial charge is 0.292 e. The Morgan fingerprint density at radius 1 is 1.05 bits per heavy atom. The third kappa shape index (κ3) is 2.95. The molecule has 0 radical (unpaired) electrons. The summed E-state index contributed by atoms with van der Waals surface area (Å²) < 4.78 is 15.2. The first kappa shape index (κ1) is 14.5. The monoisotopic (exact) mass is 308 g/mol. The van der Waals surface area contributed by atoms with Crippen LogP contribution in [0.3, 0.4) is 0 Å². The van der Waals surface area contributed by atoms with Gasteiger partial charge in [0.1, 0.15) is 30.9 Å². The highest BCUT2D eigenvalue weighted by Crippen LogP contribution is 2.24. The molecular formula is C18H17FN2Si. The van der Waals surface area contributed by atoms with Crippen molar-refractivity contribution in [3.8, 4) is 22.7 Å².